The molecule has 2 aliphatic carbocycles. The number of rotatable bonds is 51. The normalized spacial score (nSPS) is 19.3. The Labute approximate surface area is 792 Å². The van der Waals surface area contributed by atoms with Gasteiger partial charge in [0.25, 0.3) is 0 Å². The summed E-state index contributed by atoms with van der Waals surface area (Å²) in [6.45, 7) is 36.5. The molecular weight excluding hydrogens is 1690 g/mol. The molecule has 4 aromatic carbocycles. The number of hydrogen-bond donors (Lipinski definition) is 1. The summed E-state index contributed by atoms with van der Waals surface area (Å²) in [6, 6.07) is 22.7. The molecule has 129 heavy (non-hydrogen) atoms. The van der Waals surface area contributed by atoms with E-state index in [0.29, 0.717) is 178 Å². The second kappa shape index (κ2) is 51.3. The predicted molar refractivity (Wildman–Crippen MR) is 503 cm³/mol. The fourth-order valence-electron chi connectivity index (χ4n) is 17.6. The number of quaternary nitrogens is 1. The van der Waals surface area contributed by atoms with Gasteiger partial charge in [0, 0.05) is 147 Å². The van der Waals surface area contributed by atoms with Crippen molar-refractivity contribution in [1.82, 2.24) is 0 Å². The molecule has 0 radical (unpaired) electrons. The molecule has 10 rings (SSSR count). The van der Waals surface area contributed by atoms with Crippen LogP contribution in [0.15, 0.2) is 176 Å². The Balaban J connectivity index is 0.000000316. The zero-order valence-corrected chi connectivity index (χ0v) is 84.3. The van der Waals surface area contributed by atoms with Crippen molar-refractivity contribution in [2.75, 3.05) is 256 Å². The van der Waals surface area contributed by atoms with E-state index in [1.165, 1.54) is 80.4 Å². The fourth-order valence-corrected chi connectivity index (χ4v) is 18.6. The molecular formula is C100H147N6NaO20S2+2. The molecule has 1 N–H and O–H groups in total. The van der Waals surface area contributed by atoms with Crippen molar-refractivity contribution in [3.05, 3.63) is 200 Å². The van der Waals surface area contributed by atoms with Crippen molar-refractivity contribution in [2.24, 2.45) is 0 Å². The maximum Gasteiger partial charge on any atom is 1.00 e. The van der Waals surface area contributed by atoms with Gasteiger partial charge in [-0.1, -0.05) is 95.2 Å². The molecule has 0 unspecified atom stereocenters. The summed E-state index contributed by atoms with van der Waals surface area (Å²) in [5.41, 5.74) is 19.1. The molecule has 0 saturated heterocycles. The zero-order chi connectivity index (χ0) is 92.9. The number of hydrogen-bond acceptors (Lipinski definition) is 23. The minimum atomic E-state index is -4.66. The Bertz CT molecular complexity index is 4920. The van der Waals surface area contributed by atoms with Gasteiger partial charge in [0.05, 0.1) is 175 Å². The van der Waals surface area contributed by atoms with Crippen molar-refractivity contribution in [2.45, 2.75) is 152 Å². The molecule has 708 valence electrons. The third-order valence-electron chi connectivity index (χ3n) is 24.4. The first-order chi connectivity index (χ1) is 61.1. The Kier molecular flexibility index (Phi) is 43.0. The molecule has 1 fully saturated rings. The van der Waals surface area contributed by atoms with E-state index in [0.717, 1.165) is 113 Å². The van der Waals surface area contributed by atoms with E-state index in [4.69, 9.17) is 61.6 Å². The van der Waals surface area contributed by atoms with Gasteiger partial charge in [-0.15, -0.1) is 0 Å². The van der Waals surface area contributed by atoms with Gasteiger partial charge in [-0.05, 0) is 161 Å². The van der Waals surface area contributed by atoms with E-state index in [9.17, 15) is 31.0 Å². The van der Waals surface area contributed by atoms with E-state index in [-0.39, 0.29) is 56.8 Å². The third-order valence-corrected chi connectivity index (χ3v) is 26.1. The van der Waals surface area contributed by atoms with Crippen LogP contribution >= 0.6 is 0 Å². The SMILES string of the molecule is COCCOCCOCCN1C(=CC=C2CCC/C(=C\C=C3\N(CCOCCOCCOC)c4ccc(S(=O)(=O)[O-])cc4C3(C)C)C2=[N+](C)CCCO)C(C)(C)c2cc(C)ccc21.COCCOCCOCCN1C(=CC=C2CCCC(C=CC3=[N+](CCOCCOCCOC)c4ccc(S(=O)(=O)[O-])cc4C3(C)C)=C2OCCC[N+](C)(C)C)C(C)(C)c2cc(C)ccc21.[Na+]. The first kappa shape index (κ1) is 108. The van der Waals surface area contributed by atoms with Crippen molar-refractivity contribution in [3.63, 3.8) is 0 Å². The van der Waals surface area contributed by atoms with Crippen LogP contribution in [0.3, 0.4) is 0 Å². The zero-order valence-electron chi connectivity index (χ0n) is 80.7. The monoisotopic (exact) mass is 1840 g/mol. The summed E-state index contributed by atoms with van der Waals surface area (Å²) >= 11 is 0. The average Bonchev–Trinajstić information content (AvgIpc) is 2.27. The molecule has 26 nitrogen and oxygen atoms in total. The van der Waals surface area contributed by atoms with Crippen LogP contribution < -0.4 is 44.3 Å². The number of benzene rings is 4. The van der Waals surface area contributed by atoms with Crippen LogP contribution in [0.4, 0.5) is 22.7 Å². The van der Waals surface area contributed by atoms with E-state index < -0.39 is 31.1 Å². The molecule has 0 amide bonds. The Morgan fingerprint density at radius 1 is 0.450 bits per heavy atom. The van der Waals surface area contributed by atoms with Crippen molar-refractivity contribution in [1.29, 1.82) is 0 Å². The van der Waals surface area contributed by atoms with E-state index in [1.807, 2.05) is 0 Å². The Morgan fingerprint density at radius 2 is 0.822 bits per heavy atom. The van der Waals surface area contributed by atoms with E-state index in [1.54, 1.807) is 40.6 Å². The summed E-state index contributed by atoms with van der Waals surface area (Å²) in [4.78, 5) is 6.49. The van der Waals surface area contributed by atoms with Gasteiger partial charge < -0.3 is 95.0 Å². The smallest absolute Gasteiger partial charge is 0.744 e. The minimum absolute atomic E-state index is 0. The number of fused-ring (bicyclic) bond motifs is 4. The predicted octanol–water partition coefficient (Wildman–Crippen LogP) is 10.8. The number of ether oxygens (including phenoxy) is 13. The van der Waals surface area contributed by atoms with Crippen LogP contribution in [0.25, 0.3) is 0 Å². The van der Waals surface area contributed by atoms with E-state index in [2.05, 4.69) is 206 Å². The Hall–Kier alpha value is -6.40. The molecule has 4 aromatic rings. The van der Waals surface area contributed by atoms with Crippen molar-refractivity contribution < 1.29 is 136 Å². The fraction of sp³-hybridized carbons (Fsp3) is 0.580. The van der Waals surface area contributed by atoms with Crippen molar-refractivity contribution in [3.8, 4) is 0 Å². The number of methoxy groups -OCH3 is 4. The maximum absolute atomic E-state index is 12.2. The van der Waals surface area contributed by atoms with Gasteiger partial charge in [-0.2, -0.15) is 4.58 Å². The molecule has 0 aromatic heterocycles. The second-order valence-corrected chi connectivity index (χ2v) is 39.1. The van der Waals surface area contributed by atoms with Gasteiger partial charge >= 0.3 is 29.6 Å². The largest absolute Gasteiger partial charge is 1.00 e. The van der Waals surface area contributed by atoms with Crippen LogP contribution in [-0.4, -0.2) is 297 Å². The minimum Gasteiger partial charge on any atom is -0.744 e. The standard InChI is InChI=1S/C51H76N3O10S.C49H71N3O10S.Na/c1-39-15-19-45-43(37-39)50(2,3)47(52(45)23-27-60-33-35-62-31-29-58-9)21-16-40-13-11-14-41(49(40)64-26-12-25-54(6,7)8)17-22-48-51(4,5)44-38-42(65(55,56)57)18-20-46(44)53(48)24-28-61-34-36-63-32-30-59-10;1-37-13-17-43-41(35-37)48(2,3)45(51(43)22-25-59-31-33-61-29-27-57-7)19-14-38-11-9-12-39(47(38)50(6)21-10-24-53)15-20-46-49(4,5)42-36-40(63(54,55)56)16-18-44(42)52(46)23-26-60-32-34-62-30-28-58-8;/h15-22,37-38H,11-14,23-36H2,1-10H3;13-20,35-36,53H,9-12,21-34H2,1-8H3;/q+1;;+1. The first-order valence-corrected chi connectivity index (χ1v) is 48.1. The summed E-state index contributed by atoms with van der Waals surface area (Å²) in [5, 5.41) is 9.88. The van der Waals surface area contributed by atoms with Gasteiger partial charge in [0.15, 0.2) is 12.3 Å². The number of aliphatic hydroxyl groups is 1. The van der Waals surface area contributed by atoms with Gasteiger partial charge in [-0.25, -0.2) is 21.4 Å². The molecule has 29 heteroatoms. The summed E-state index contributed by atoms with van der Waals surface area (Å²) in [6.07, 6.45) is 24.8. The Morgan fingerprint density at radius 3 is 1.24 bits per heavy atom. The number of nitrogens with zero attached hydrogens (tertiary/aromatic N) is 6. The molecule has 4 aliphatic heterocycles. The number of aryl methyl sites for hydroxylation is 2. The molecule has 0 spiro atoms. The summed E-state index contributed by atoms with van der Waals surface area (Å²) in [7, 11) is 5.99. The molecule has 0 atom stereocenters. The summed E-state index contributed by atoms with van der Waals surface area (Å²) in [5.74, 6) is 0.912. The van der Waals surface area contributed by atoms with Gasteiger partial charge in [0.2, 0.25) is 11.4 Å². The number of allylic oxidation sites excluding steroid dienone is 15. The average molecular weight is 1840 g/mol. The van der Waals surface area contributed by atoms with Crippen LogP contribution in [0.2, 0.25) is 0 Å². The van der Waals surface area contributed by atoms with Gasteiger partial charge in [-0.3, -0.25) is 0 Å². The van der Waals surface area contributed by atoms with E-state index >= 15 is 0 Å². The second-order valence-electron chi connectivity index (χ2n) is 36.4. The maximum atomic E-state index is 12.2. The summed E-state index contributed by atoms with van der Waals surface area (Å²) < 4.78 is 152. The topological polar surface area (TPSA) is 270 Å². The molecule has 0 bridgehead atoms. The molecule has 6 aliphatic rings. The van der Waals surface area contributed by atoms with Crippen LogP contribution in [0.1, 0.15) is 140 Å². The van der Waals surface area contributed by atoms with Gasteiger partial charge in [0.1, 0.15) is 46.2 Å². The van der Waals surface area contributed by atoms with Crippen LogP contribution in [0.5, 0.6) is 0 Å². The molecule has 4 heterocycles. The molecule has 1 saturated carbocycles. The first-order valence-electron chi connectivity index (χ1n) is 45.3. The van der Waals surface area contributed by atoms with Crippen LogP contribution in [0, 0.1) is 13.8 Å². The van der Waals surface area contributed by atoms with Crippen molar-refractivity contribution >= 4 is 54.4 Å². The quantitative estimate of drug-likeness (QED) is 0.0141. The van der Waals surface area contributed by atoms with Crippen LogP contribution in [-0.2, 0) is 103 Å². The number of anilines is 3. The number of aliphatic hydroxyl groups excluding tert-OH is 1. The third kappa shape index (κ3) is 29.8.